The van der Waals surface area contributed by atoms with Crippen LogP contribution in [-0.4, -0.2) is 29.3 Å². The Morgan fingerprint density at radius 1 is 1.50 bits per heavy atom. The summed E-state index contributed by atoms with van der Waals surface area (Å²) in [6.45, 7) is 1.73. The number of benzene rings is 1. The first-order valence-corrected chi connectivity index (χ1v) is 5.41. The lowest BCUT2D eigenvalue weighted by atomic mass is 10.2. The number of methoxy groups -OCH3 is 1. The summed E-state index contributed by atoms with van der Waals surface area (Å²) in [7, 11) is 1.36. The summed E-state index contributed by atoms with van der Waals surface area (Å²) >= 11 is 0. The second kappa shape index (κ2) is 5.31. The monoisotopic (exact) mass is 247 g/mol. The van der Waals surface area contributed by atoms with E-state index in [9.17, 15) is 4.79 Å². The Hall–Kier alpha value is -2.37. The molecule has 1 aromatic heterocycles. The van der Waals surface area contributed by atoms with Crippen LogP contribution < -0.4 is 5.32 Å². The van der Waals surface area contributed by atoms with Gasteiger partial charge >= 0.3 is 5.97 Å². The van der Waals surface area contributed by atoms with Crippen molar-refractivity contribution >= 4 is 11.7 Å². The van der Waals surface area contributed by atoms with Gasteiger partial charge < -0.3 is 14.5 Å². The molecule has 0 bridgehead atoms. The van der Waals surface area contributed by atoms with Crippen LogP contribution in [0, 0.1) is 0 Å². The van der Waals surface area contributed by atoms with Crippen LogP contribution in [0.25, 0.3) is 11.5 Å². The van der Waals surface area contributed by atoms with Crippen molar-refractivity contribution in [1.29, 1.82) is 0 Å². The van der Waals surface area contributed by atoms with E-state index in [2.05, 4.69) is 20.3 Å². The minimum absolute atomic E-state index is 0.321. The third-order valence-corrected chi connectivity index (χ3v) is 2.41. The molecule has 0 saturated carbocycles. The van der Waals surface area contributed by atoms with Gasteiger partial charge in [-0.2, -0.15) is 0 Å². The molecule has 0 amide bonds. The van der Waals surface area contributed by atoms with E-state index in [-0.39, 0.29) is 5.97 Å². The highest BCUT2D eigenvalue weighted by molar-refractivity contribution is 5.79. The minimum Gasteiger partial charge on any atom is -0.467 e. The highest BCUT2D eigenvalue weighted by Gasteiger charge is 2.13. The summed E-state index contributed by atoms with van der Waals surface area (Å²) in [5, 5.41) is 10.5. The van der Waals surface area contributed by atoms with E-state index in [1.54, 1.807) is 6.92 Å². The zero-order valence-corrected chi connectivity index (χ0v) is 10.1. The molecule has 1 atom stereocenters. The number of carbonyl (C=O) groups is 1. The van der Waals surface area contributed by atoms with Crippen LogP contribution in [0.4, 0.5) is 5.69 Å². The fourth-order valence-corrected chi connectivity index (χ4v) is 1.53. The number of nitrogens with zero attached hydrogens (tertiary/aromatic N) is 2. The molecule has 0 spiro atoms. The molecule has 0 aliphatic rings. The molecule has 0 aliphatic heterocycles. The lowest BCUT2D eigenvalue weighted by Gasteiger charge is -2.13. The van der Waals surface area contributed by atoms with Crippen molar-refractivity contribution in [2.45, 2.75) is 13.0 Å². The van der Waals surface area contributed by atoms with Crippen LogP contribution in [0.1, 0.15) is 6.92 Å². The van der Waals surface area contributed by atoms with Crippen molar-refractivity contribution in [2.75, 3.05) is 12.4 Å². The van der Waals surface area contributed by atoms with Gasteiger partial charge in [0.05, 0.1) is 7.11 Å². The van der Waals surface area contributed by atoms with Crippen LogP contribution >= 0.6 is 0 Å². The Morgan fingerprint density at radius 3 is 3.00 bits per heavy atom. The smallest absolute Gasteiger partial charge is 0.327 e. The quantitative estimate of drug-likeness (QED) is 0.829. The van der Waals surface area contributed by atoms with Gasteiger partial charge in [-0.3, -0.25) is 0 Å². The Morgan fingerprint density at radius 2 is 2.33 bits per heavy atom. The Bertz CT molecular complexity index is 525. The average Bonchev–Trinajstić information content (AvgIpc) is 2.92. The second-order valence-corrected chi connectivity index (χ2v) is 3.71. The molecule has 94 valence electrons. The van der Waals surface area contributed by atoms with Crippen LogP contribution in [0.5, 0.6) is 0 Å². The third kappa shape index (κ3) is 2.65. The van der Waals surface area contributed by atoms with Gasteiger partial charge in [0, 0.05) is 11.3 Å². The van der Waals surface area contributed by atoms with Crippen molar-refractivity contribution in [1.82, 2.24) is 10.2 Å². The van der Waals surface area contributed by atoms with Crippen molar-refractivity contribution < 1.29 is 13.9 Å². The van der Waals surface area contributed by atoms with Crippen LogP contribution in [0.15, 0.2) is 35.1 Å². The zero-order valence-electron chi connectivity index (χ0n) is 10.1. The molecule has 1 heterocycles. The third-order valence-electron chi connectivity index (χ3n) is 2.41. The minimum atomic E-state index is -0.423. The van der Waals surface area contributed by atoms with Gasteiger partial charge in [-0.1, -0.05) is 6.07 Å². The number of esters is 1. The molecule has 1 unspecified atom stereocenters. The fourth-order valence-electron chi connectivity index (χ4n) is 1.53. The maximum Gasteiger partial charge on any atom is 0.327 e. The molecule has 1 N–H and O–H groups in total. The number of rotatable bonds is 4. The molecule has 2 aromatic rings. The predicted octanol–water partition coefficient (Wildman–Crippen LogP) is 1.71. The number of ether oxygens (including phenoxy) is 1. The summed E-state index contributed by atoms with van der Waals surface area (Å²) in [5.41, 5.74) is 1.57. The molecule has 2 rings (SSSR count). The second-order valence-electron chi connectivity index (χ2n) is 3.71. The van der Waals surface area contributed by atoms with E-state index in [1.165, 1.54) is 13.5 Å². The Labute approximate surface area is 104 Å². The number of nitrogens with one attached hydrogen (secondary N) is 1. The number of carbonyl (C=O) groups excluding carboxylic acids is 1. The van der Waals surface area contributed by atoms with Gasteiger partial charge in [0.2, 0.25) is 12.3 Å². The topological polar surface area (TPSA) is 77.2 Å². The van der Waals surface area contributed by atoms with Gasteiger partial charge in [-0.15, -0.1) is 10.2 Å². The van der Waals surface area contributed by atoms with Gasteiger partial charge in [-0.25, -0.2) is 4.79 Å². The first-order valence-electron chi connectivity index (χ1n) is 5.41. The van der Waals surface area contributed by atoms with Crippen LogP contribution in [-0.2, 0) is 9.53 Å². The van der Waals surface area contributed by atoms with E-state index in [1.807, 2.05) is 24.3 Å². The van der Waals surface area contributed by atoms with E-state index in [0.29, 0.717) is 5.89 Å². The standard InChI is InChI=1S/C12H13N3O3/c1-8(12(16)17-2)14-10-5-3-4-9(6-10)11-15-13-7-18-11/h3-8,14H,1-2H3. The maximum absolute atomic E-state index is 11.3. The molecular weight excluding hydrogens is 234 g/mol. The van der Waals surface area contributed by atoms with Gasteiger partial charge in [0.15, 0.2) is 0 Å². The van der Waals surface area contributed by atoms with Crippen LogP contribution in [0.3, 0.4) is 0 Å². The Kier molecular flexibility index (Phi) is 3.57. The first-order chi connectivity index (χ1) is 8.70. The highest BCUT2D eigenvalue weighted by Crippen LogP contribution is 2.20. The van der Waals surface area contributed by atoms with E-state index < -0.39 is 6.04 Å². The van der Waals surface area contributed by atoms with Gasteiger partial charge in [0.25, 0.3) is 0 Å². The summed E-state index contributed by atoms with van der Waals surface area (Å²) in [6.07, 6.45) is 1.27. The summed E-state index contributed by atoms with van der Waals surface area (Å²) < 4.78 is 9.75. The Balaban J connectivity index is 2.15. The molecule has 0 fully saturated rings. The van der Waals surface area contributed by atoms with E-state index in [4.69, 9.17) is 4.42 Å². The fraction of sp³-hybridized carbons (Fsp3) is 0.250. The molecule has 6 nitrogen and oxygen atoms in total. The summed E-state index contributed by atoms with van der Waals surface area (Å²) in [4.78, 5) is 11.3. The van der Waals surface area contributed by atoms with Crippen molar-refractivity contribution in [3.05, 3.63) is 30.7 Å². The lowest BCUT2D eigenvalue weighted by Crippen LogP contribution is -2.27. The lowest BCUT2D eigenvalue weighted by molar-refractivity contribution is -0.141. The zero-order chi connectivity index (χ0) is 13.0. The molecule has 0 saturated heterocycles. The van der Waals surface area contributed by atoms with Gasteiger partial charge in [-0.05, 0) is 25.1 Å². The maximum atomic E-state index is 11.3. The predicted molar refractivity (Wildman–Crippen MR) is 64.8 cm³/mol. The molecule has 0 aliphatic carbocycles. The normalized spacial score (nSPS) is 11.9. The first kappa shape index (κ1) is 12.1. The average molecular weight is 247 g/mol. The molecular formula is C12H13N3O3. The SMILES string of the molecule is COC(=O)C(C)Nc1cccc(-c2nnco2)c1. The number of hydrogen-bond acceptors (Lipinski definition) is 6. The van der Waals surface area contributed by atoms with E-state index in [0.717, 1.165) is 11.3 Å². The number of hydrogen-bond donors (Lipinski definition) is 1. The summed E-state index contributed by atoms with van der Waals surface area (Å²) in [6, 6.07) is 6.94. The molecule has 0 radical (unpaired) electrons. The molecule has 1 aromatic carbocycles. The van der Waals surface area contributed by atoms with Crippen molar-refractivity contribution in [3.63, 3.8) is 0 Å². The summed E-state index contributed by atoms with van der Waals surface area (Å²) in [5.74, 6) is 0.113. The molecule has 6 heteroatoms. The number of aromatic nitrogens is 2. The van der Waals surface area contributed by atoms with Crippen molar-refractivity contribution in [2.24, 2.45) is 0 Å². The van der Waals surface area contributed by atoms with Crippen molar-refractivity contribution in [3.8, 4) is 11.5 Å². The van der Waals surface area contributed by atoms with Crippen LogP contribution in [0.2, 0.25) is 0 Å². The van der Waals surface area contributed by atoms with Gasteiger partial charge in [0.1, 0.15) is 6.04 Å². The molecule has 18 heavy (non-hydrogen) atoms. The highest BCUT2D eigenvalue weighted by atomic mass is 16.5. The largest absolute Gasteiger partial charge is 0.467 e. The van der Waals surface area contributed by atoms with E-state index >= 15 is 0 Å². The number of anilines is 1.